The largest absolute Gasteiger partial charge is 0.465 e. The van der Waals surface area contributed by atoms with Gasteiger partial charge in [0, 0.05) is 29.9 Å². The zero-order valence-corrected chi connectivity index (χ0v) is 16.5. The number of carbonyl (C=O) groups excluding carboxylic acids is 2. The van der Waals surface area contributed by atoms with E-state index in [0.717, 1.165) is 24.9 Å². The van der Waals surface area contributed by atoms with Crippen molar-refractivity contribution in [1.29, 1.82) is 5.41 Å². The minimum absolute atomic E-state index is 0.0326. The molecule has 1 amide bonds. The third-order valence-electron chi connectivity index (χ3n) is 4.83. The van der Waals surface area contributed by atoms with Gasteiger partial charge in [0.15, 0.2) is 0 Å². The Hall–Kier alpha value is -3.19. The highest BCUT2D eigenvalue weighted by atomic mass is 16.5. The molecule has 0 unspecified atom stereocenters. The Bertz CT molecular complexity index is 909. The van der Waals surface area contributed by atoms with E-state index >= 15 is 0 Å². The lowest BCUT2D eigenvalue weighted by Gasteiger charge is -2.28. The summed E-state index contributed by atoms with van der Waals surface area (Å²) in [5.41, 5.74) is 9.55. The van der Waals surface area contributed by atoms with Crippen LogP contribution in [0.3, 0.4) is 0 Å². The maximum atomic E-state index is 12.5. The van der Waals surface area contributed by atoms with Gasteiger partial charge in [0.25, 0.3) is 5.91 Å². The van der Waals surface area contributed by atoms with Crippen LogP contribution in [0.25, 0.3) is 0 Å². The first-order chi connectivity index (χ1) is 14.0. The van der Waals surface area contributed by atoms with Crippen LogP contribution in [0.15, 0.2) is 42.5 Å². The van der Waals surface area contributed by atoms with E-state index < -0.39 is 0 Å². The van der Waals surface area contributed by atoms with E-state index in [1.54, 1.807) is 24.3 Å². The van der Waals surface area contributed by atoms with E-state index in [9.17, 15) is 9.59 Å². The first kappa shape index (κ1) is 20.5. The van der Waals surface area contributed by atoms with Gasteiger partial charge in [-0.2, -0.15) is 0 Å². The molecule has 2 aromatic rings. The molecule has 29 heavy (non-hydrogen) atoms. The van der Waals surface area contributed by atoms with Crippen molar-refractivity contribution in [2.24, 2.45) is 5.73 Å². The lowest BCUT2D eigenvalue weighted by atomic mass is 9.99. The molecule has 152 valence electrons. The number of hydrogen-bond acceptors (Lipinski definition) is 5. The second-order valence-corrected chi connectivity index (χ2v) is 7.11. The number of amides is 1. The van der Waals surface area contributed by atoms with Crippen LogP contribution in [0.1, 0.15) is 40.4 Å². The number of anilines is 1. The molecule has 7 heteroatoms. The number of amidine groups is 1. The molecule has 0 bridgehead atoms. The fraction of sp³-hybridized carbons (Fsp3) is 0.318. The second kappa shape index (κ2) is 9.34. The number of esters is 1. The van der Waals surface area contributed by atoms with E-state index in [-0.39, 0.29) is 24.3 Å². The molecule has 0 radical (unpaired) electrons. The maximum Gasteiger partial charge on any atom is 0.320 e. The summed E-state index contributed by atoms with van der Waals surface area (Å²) in [5, 5.41) is 10.3. The SMILES string of the molecule is CCCOC(=O)CN1CCc2ccc(NC(=O)c3ccc(C(=N)N)cc3)cc2C1. The smallest absolute Gasteiger partial charge is 0.320 e. The van der Waals surface area contributed by atoms with Crippen LogP contribution in [0, 0.1) is 5.41 Å². The van der Waals surface area contributed by atoms with Crippen molar-refractivity contribution in [1.82, 2.24) is 4.90 Å². The van der Waals surface area contributed by atoms with Gasteiger partial charge in [-0.3, -0.25) is 19.9 Å². The van der Waals surface area contributed by atoms with Crippen molar-refractivity contribution >= 4 is 23.4 Å². The molecule has 1 aliphatic heterocycles. The number of nitrogen functional groups attached to an aromatic ring is 1. The number of fused-ring (bicyclic) bond motifs is 1. The number of nitrogens with one attached hydrogen (secondary N) is 2. The molecule has 0 aromatic heterocycles. The molecule has 1 heterocycles. The summed E-state index contributed by atoms with van der Waals surface area (Å²) in [6, 6.07) is 12.5. The Morgan fingerprint density at radius 1 is 1.14 bits per heavy atom. The number of nitrogens with zero attached hydrogens (tertiary/aromatic N) is 1. The summed E-state index contributed by atoms with van der Waals surface area (Å²) < 4.78 is 5.17. The van der Waals surface area contributed by atoms with Gasteiger partial charge in [-0.25, -0.2) is 0 Å². The maximum absolute atomic E-state index is 12.5. The highest BCUT2D eigenvalue weighted by Gasteiger charge is 2.19. The van der Waals surface area contributed by atoms with Gasteiger partial charge in [0.05, 0.1) is 13.2 Å². The standard InChI is InChI=1S/C22H26N4O3/c1-2-11-29-20(27)14-26-10-9-15-7-8-19(12-18(15)13-26)25-22(28)17-5-3-16(4-6-17)21(23)24/h3-8,12H,2,9-11,13-14H2,1H3,(H3,23,24)(H,25,28). The third-order valence-corrected chi connectivity index (χ3v) is 4.83. The van der Waals surface area contributed by atoms with Crippen LogP contribution in [0.4, 0.5) is 5.69 Å². The Morgan fingerprint density at radius 3 is 2.55 bits per heavy atom. The van der Waals surface area contributed by atoms with Crippen LogP contribution >= 0.6 is 0 Å². The van der Waals surface area contributed by atoms with E-state index in [2.05, 4.69) is 10.2 Å². The van der Waals surface area contributed by atoms with E-state index in [1.807, 2.05) is 25.1 Å². The number of benzene rings is 2. The predicted molar refractivity (Wildman–Crippen MR) is 112 cm³/mol. The topological polar surface area (TPSA) is 109 Å². The van der Waals surface area contributed by atoms with Gasteiger partial charge < -0.3 is 15.8 Å². The molecule has 0 aliphatic carbocycles. The number of carbonyl (C=O) groups is 2. The third kappa shape index (κ3) is 5.42. The quantitative estimate of drug-likeness (QED) is 0.380. The van der Waals surface area contributed by atoms with E-state index in [1.165, 1.54) is 5.56 Å². The van der Waals surface area contributed by atoms with E-state index in [0.29, 0.717) is 30.0 Å². The number of hydrogen-bond donors (Lipinski definition) is 3. The molecule has 3 rings (SSSR count). The normalized spacial score (nSPS) is 13.4. The summed E-state index contributed by atoms with van der Waals surface area (Å²) in [6.07, 6.45) is 1.67. The second-order valence-electron chi connectivity index (χ2n) is 7.11. The number of nitrogens with two attached hydrogens (primary N) is 1. The minimum atomic E-state index is -0.226. The average molecular weight is 394 g/mol. The van der Waals surface area contributed by atoms with Crippen LogP contribution in [-0.4, -0.2) is 42.3 Å². The van der Waals surface area contributed by atoms with Gasteiger partial charge in [0.1, 0.15) is 5.84 Å². The molecule has 4 N–H and O–H groups in total. The van der Waals surface area contributed by atoms with Crippen molar-refractivity contribution in [2.75, 3.05) is 25.0 Å². The molecular formula is C22H26N4O3. The Morgan fingerprint density at radius 2 is 1.86 bits per heavy atom. The van der Waals surface area contributed by atoms with Crippen LogP contribution in [0.5, 0.6) is 0 Å². The zero-order chi connectivity index (χ0) is 20.8. The monoisotopic (exact) mass is 394 g/mol. The minimum Gasteiger partial charge on any atom is -0.465 e. The molecule has 0 saturated carbocycles. The fourth-order valence-electron chi connectivity index (χ4n) is 3.28. The molecule has 2 aromatic carbocycles. The van der Waals surface area contributed by atoms with Crippen molar-refractivity contribution in [3.63, 3.8) is 0 Å². The lowest BCUT2D eigenvalue weighted by molar-refractivity contribution is -0.145. The Labute approximate surface area is 170 Å². The van der Waals surface area contributed by atoms with E-state index in [4.69, 9.17) is 15.9 Å². The highest BCUT2D eigenvalue weighted by molar-refractivity contribution is 6.05. The zero-order valence-electron chi connectivity index (χ0n) is 16.5. The van der Waals surface area contributed by atoms with Gasteiger partial charge >= 0.3 is 5.97 Å². The summed E-state index contributed by atoms with van der Waals surface area (Å²) in [4.78, 5) is 26.4. The Kier molecular flexibility index (Phi) is 6.61. The van der Waals surface area contributed by atoms with Gasteiger partial charge in [-0.05, 0) is 48.2 Å². The van der Waals surface area contributed by atoms with Crippen LogP contribution in [0.2, 0.25) is 0 Å². The van der Waals surface area contributed by atoms with Crippen LogP contribution < -0.4 is 11.1 Å². The molecule has 0 spiro atoms. The molecule has 0 fully saturated rings. The fourth-order valence-corrected chi connectivity index (χ4v) is 3.28. The first-order valence-electron chi connectivity index (χ1n) is 9.72. The summed E-state index contributed by atoms with van der Waals surface area (Å²) in [5.74, 6) is -0.459. The Balaban J connectivity index is 1.64. The van der Waals surface area contributed by atoms with Crippen molar-refractivity contribution in [3.05, 3.63) is 64.7 Å². The summed E-state index contributed by atoms with van der Waals surface area (Å²) >= 11 is 0. The summed E-state index contributed by atoms with van der Waals surface area (Å²) in [7, 11) is 0. The van der Waals surface area contributed by atoms with Gasteiger partial charge in [0.2, 0.25) is 0 Å². The van der Waals surface area contributed by atoms with Gasteiger partial charge in [-0.1, -0.05) is 25.1 Å². The predicted octanol–water partition coefficient (Wildman–Crippen LogP) is 2.53. The van der Waals surface area contributed by atoms with Crippen molar-refractivity contribution in [3.8, 4) is 0 Å². The summed E-state index contributed by atoms with van der Waals surface area (Å²) in [6.45, 7) is 4.15. The molecule has 0 saturated heterocycles. The van der Waals surface area contributed by atoms with Gasteiger partial charge in [-0.15, -0.1) is 0 Å². The highest BCUT2D eigenvalue weighted by Crippen LogP contribution is 2.23. The number of ether oxygens (including phenoxy) is 1. The van der Waals surface area contributed by atoms with Crippen molar-refractivity contribution < 1.29 is 14.3 Å². The molecule has 7 nitrogen and oxygen atoms in total. The molecule has 1 aliphatic rings. The van der Waals surface area contributed by atoms with Crippen LogP contribution in [-0.2, 0) is 22.5 Å². The lowest BCUT2D eigenvalue weighted by Crippen LogP contribution is -2.35. The molecular weight excluding hydrogens is 368 g/mol. The average Bonchev–Trinajstić information content (AvgIpc) is 2.72. The van der Waals surface area contributed by atoms with Crippen molar-refractivity contribution in [2.45, 2.75) is 26.3 Å². The first-order valence-corrected chi connectivity index (χ1v) is 9.72. The number of rotatable bonds is 7. The molecule has 0 atom stereocenters.